The van der Waals surface area contributed by atoms with Crippen LogP contribution in [0.2, 0.25) is 0 Å². The fraction of sp³-hybridized carbons (Fsp3) is 0.280. The van der Waals surface area contributed by atoms with Crippen LogP contribution < -0.4 is 20.9 Å². The second-order valence-corrected chi connectivity index (χ2v) is 8.62. The fourth-order valence-corrected chi connectivity index (χ4v) is 4.90. The highest BCUT2D eigenvalue weighted by atomic mass is 16.5. The first-order chi connectivity index (χ1) is 16.5. The van der Waals surface area contributed by atoms with Crippen LogP contribution in [0.1, 0.15) is 28.4 Å². The number of fused-ring (bicyclic) bond motifs is 4. The topological polar surface area (TPSA) is 106 Å². The predicted octanol–water partition coefficient (Wildman–Crippen LogP) is 3.16. The summed E-state index contributed by atoms with van der Waals surface area (Å²) in [5, 5.41) is 5.38. The lowest BCUT2D eigenvalue weighted by molar-refractivity contribution is 0.0594. The van der Waals surface area contributed by atoms with Crippen LogP contribution in [0.15, 0.2) is 65.7 Å². The molecular formula is C25H25N5O4. The number of para-hydroxylation sites is 2. The Morgan fingerprint density at radius 3 is 2.62 bits per heavy atom. The summed E-state index contributed by atoms with van der Waals surface area (Å²) in [6, 6.07) is 13.6. The number of hydrogen-bond donors (Lipinski definition) is 2. The number of likely N-dealkylation sites (tertiary alicyclic amines) is 1. The van der Waals surface area contributed by atoms with Crippen LogP contribution in [0.25, 0.3) is 0 Å². The van der Waals surface area contributed by atoms with Crippen molar-refractivity contribution >= 4 is 23.3 Å². The molecule has 2 aromatic heterocycles. The van der Waals surface area contributed by atoms with E-state index in [0.717, 1.165) is 12.1 Å². The van der Waals surface area contributed by atoms with E-state index in [9.17, 15) is 14.4 Å². The molecular weight excluding hydrogens is 434 g/mol. The first kappa shape index (κ1) is 21.7. The monoisotopic (exact) mass is 459 g/mol. The van der Waals surface area contributed by atoms with E-state index < -0.39 is 6.03 Å². The molecule has 5 rings (SSSR count). The number of hydrogen-bond acceptors (Lipinski definition) is 5. The van der Waals surface area contributed by atoms with Gasteiger partial charge in [0.15, 0.2) is 0 Å². The number of benzene rings is 1. The zero-order chi connectivity index (χ0) is 23.7. The molecule has 1 saturated heterocycles. The third-order valence-electron chi connectivity index (χ3n) is 6.40. The zero-order valence-electron chi connectivity index (χ0n) is 18.7. The lowest BCUT2D eigenvalue weighted by Crippen LogP contribution is -2.49. The molecule has 3 amide bonds. The first-order valence-electron chi connectivity index (χ1n) is 11.2. The molecule has 2 aliphatic rings. The Balaban J connectivity index is 1.33. The van der Waals surface area contributed by atoms with Crippen LogP contribution in [0.3, 0.4) is 0 Å². The number of nitrogens with one attached hydrogen (secondary N) is 2. The van der Waals surface area contributed by atoms with Gasteiger partial charge >= 0.3 is 6.03 Å². The molecule has 0 aliphatic carbocycles. The summed E-state index contributed by atoms with van der Waals surface area (Å²) in [4.78, 5) is 44.6. The van der Waals surface area contributed by atoms with Crippen molar-refractivity contribution in [2.24, 2.45) is 5.92 Å². The number of ether oxygens (including phenoxy) is 1. The van der Waals surface area contributed by atoms with E-state index in [4.69, 9.17) is 4.74 Å². The Morgan fingerprint density at radius 2 is 1.82 bits per heavy atom. The van der Waals surface area contributed by atoms with Crippen molar-refractivity contribution < 1.29 is 14.3 Å². The van der Waals surface area contributed by atoms with Gasteiger partial charge in [0.1, 0.15) is 11.4 Å². The zero-order valence-corrected chi connectivity index (χ0v) is 18.7. The third kappa shape index (κ3) is 4.12. The lowest BCUT2D eigenvalue weighted by Gasteiger charge is -2.42. The molecule has 1 fully saturated rings. The van der Waals surface area contributed by atoms with Gasteiger partial charge in [-0.3, -0.25) is 14.6 Å². The smallest absolute Gasteiger partial charge is 0.323 e. The van der Waals surface area contributed by atoms with Crippen molar-refractivity contribution in [3.05, 3.63) is 82.5 Å². The average molecular weight is 460 g/mol. The van der Waals surface area contributed by atoms with Crippen molar-refractivity contribution in [2.75, 3.05) is 30.8 Å². The third-order valence-corrected chi connectivity index (χ3v) is 6.40. The van der Waals surface area contributed by atoms with Gasteiger partial charge < -0.3 is 24.8 Å². The van der Waals surface area contributed by atoms with Crippen LogP contribution in [0, 0.1) is 5.92 Å². The number of urea groups is 1. The molecule has 0 saturated carbocycles. The summed E-state index contributed by atoms with van der Waals surface area (Å²) in [7, 11) is 1.52. The summed E-state index contributed by atoms with van der Waals surface area (Å²) in [5.74, 6) is 0.724. The normalized spacial score (nSPS) is 18.6. The molecule has 0 radical (unpaired) electrons. The van der Waals surface area contributed by atoms with E-state index in [2.05, 4.69) is 15.6 Å². The Labute approximate surface area is 196 Å². The number of piperidine rings is 1. The Hall–Kier alpha value is -4.14. The largest absolute Gasteiger partial charge is 0.495 e. The van der Waals surface area contributed by atoms with Gasteiger partial charge in [-0.25, -0.2) is 4.79 Å². The molecule has 2 aliphatic heterocycles. The molecule has 2 bridgehead atoms. The summed E-state index contributed by atoms with van der Waals surface area (Å²) in [6.45, 7) is 1.64. The van der Waals surface area contributed by atoms with E-state index in [-0.39, 0.29) is 29.0 Å². The number of pyridine rings is 2. The maximum Gasteiger partial charge on any atom is 0.323 e. The quantitative estimate of drug-likeness (QED) is 0.624. The van der Waals surface area contributed by atoms with E-state index in [1.807, 2.05) is 11.0 Å². The molecule has 34 heavy (non-hydrogen) atoms. The van der Waals surface area contributed by atoms with Gasteiger partial charge in [0.05, 0.1) is 18.4 Å². The minimum absolute atomic E-state index is 0.0371. The highest BCUT2D eigenvalue weighted by Gasteiger charge is 2.37. The maximum absolute atomic E-state index is 13.2. The fourth-order valence-electron chi connectivity index (χ4n) is 4.90. The van der Waals surface area contributed by atoms with Gasteiger partial charge in [0, 0.05) is 43.6 Å². The van der Waals surface area contributed by atoms with Crippen molar-refractivity contribution in [3.8, 4) is 5.75 Å². The van der Waals surface area contributed by atoms with Crippen LogP contribution >= 0.6 is 0 Å². The first-order valence-corrected chi connectivity index (χ1v) is 11.2. The van der Waals surface area contributed by atoms with Gasteiger partial charge in [-0.15, -0.1) is 0 Å². The second-order valence-electron chi connectivity index (χ2n) is 8.62. The number of carbonyl (C=O) groups excluding carboxylic acids is 2. The Kier molecular flexibility index (Phi) is 5.75. The average Bonchev–Trinajstić information content (AvgIpc) is 2.86. The molecule has 3 aromatic rings. The van der Waals surface area contributed by atoms with Gasteiger partial charge in [-0.1, -0.05) is 12.1 Å². The van der Waals surface area contributed by atoms with Crippen molar-refractivity contribution in [2.45, 2.75) is 18.9 Å². The van der Waals surface area contributed by atoms with Gasteiger partial charge in [0.25, 0.3) is 11.5 Å². The molecule has 9 nitrogen and oxygen atoms in total. The van der Waals surface area contributed by atoms with E-state index in [1.54, 1.807) is 59.4 Å². The Morgan fingerprint density at radius 1 is 1.00 bits per heavy atom. The van der Waals surface area contributed by atoms with Crippen LogP contribution in [0.4, 0.5) is 16.2 Å². The van der Waals surface area contributed by atoms with Gasteiger partial charge in [-0.05, 0) is 48.7 Å². The highest BCUT2D eigenvalue weighted by molar-refractivity contribution is 6.00. The van der Waals surface area contributed by atoms with Crippen LogP contribution in [-0.4, -0.2) is 46.6 Å². The molecule has 2 N–H and O–H groups in total. The number of methoxy groups -OCH3 is 1. The summed E-state index contributed by atoms with van der Waals surface area (Å²) in [5.41, 5.74) is 1.93. The Bertz CT molecular complexity index is 1290. The number of carbonyl (C=O) groups is 2. The SMILES string of the molecule is COc1ccccc1NC(=O)Nc1ccc2n(c1=O)C[C@@H]1C[C@@H]2CN(C(=O)c2cccnc2)C1. The second kappa shape index (κ2) is 9.01. The predicted molar refractivity (Wildman–Crippen MR) is 127 cm³/mol. The summed E-state index contributed by atoms with van der Waals surface area (Å²) in [6.07, 6.45) is 4.16. The molecule has 1 aromatic carbocycles. The van der Waals surface area contributed by atoms with Gasteiger partial charge in [0.2, 0.25) is 0 Å². The van der Waals surface area contributed by atoms with Crippen molar-refractivity contribution in [1.29, 1.82) is 0 Å². The van der Waals surface area contributed by atoms with Gasteiger partial charge in [-0.2, -0.15) is 0 Å². The lowest BCUT2D eigenvalue weighted by atomic mass is 9.83. The summed E-state index contributed by atoms with van der Waals surface area (Å²) < 4.78 is 6.99. The standard InChI is InChI=1S/C25H25N5O4/c1-34-22-7-3-2-6-19(22)27-25(33)28-20-8-9-21-18-11-16(14-30(21)24(20)32)13-29(15-18)23(31)17-5-4-10-26-12-17/h2-10,12,16,18H,11,13-15H2,1H3,(H2,27,28,33)/t16-,18-/m1/s1. The molecule has 9 heteroatoms. The maximum atomic E-state index is 13.2. The number of rotatable bonds is 4. The van der Waals surface area contributed by atoms with Crippen LogP contribution in [-0.2, 0) is 6.54 Å². The minimum atomic E-state index is -0.522. The van der Waals surface area contributed by atoms with Crippen molar-refractivity contribution in [3.63, 3.8) is 0 Å². The van der Waals surface area contributed by atoms with E-state index in [1.165, 1.54) is 7.11 Å². The van der Waals surface area contributed by atoms with E-state index in [0.29, 0.717) is 36.6 Å². The molecule has 2 atom stereocenters. The van der Waals surface area contributed by atoms with Crippen LogP contribution in [0.5, 0.6) is 5.75 Å². The number of anilines is 2. The molecule has 0 spiro atoms. The number of nitrogens with zero attached hydrogens (tertiary/aromatic N) is 3. The van der Waals surface area contributed by atoms with Crippen molar-refractivity contribution in [1.82, 2.24) is 14.5 Å². The highest BCUT2D eigenvalue weighted by Crippen LogP contribution is 2.36. The molecule has 4 heterocycles. The summed E-state index contributed by atoms with van der Waals surface area (Å²) >= 11 is 0. The molecule has 174 valence electrons. The number of aromatic nitrogens is 2. The number of amides is 3. The molecule has 0 unspecified atom stereocenters. The minimum Gasteiger partial charge on any atom is -0.495 e. The van der Waals surface area contributed by atoms with E-state index >= 15 is 0 Å².